The zero-order chi connectivity index (χ0) is 35.7. The van der Waals surface area contributed by atoms with E-state index in [0.29, 0.717) is 61.1 Å². The van der Waals surface area contributed by atoms with Gasteiger partial charge in [-0.2, -0.15) is 0 Å². The van der Waals surface area contributed by atoms with Crippen LogP contribution in [0.25, 0.3) is 11.1 Å². The Kier molecular flexibility index (Phi) is 11.6. The van der Waals surface area contributed by atoms with E-state index in [1.807, 2.05) is 91.0 Å². The number of carboxylic acids is 1. The number of nitrogens with one attached hydrogen (secondary N) is 1. The Labute approximate surface area is 299 Å². The first-order chi connectivity index (χ1) is 24.8. The number of fused-ring (bicyclic) bond motifs is 1. The molecule has 9 heteroatoms. The second-order valence-corrected chi connectivity index (χ2v) is 13.4. The van der Waals surface area contributed by atoms with Crippen LogP contribution in [-0.4, -0.2) is 61.2 Å². The number of ether oxygens (including phenoxy) is 3. The number of carbonyl (C=O) groups excluding carboxylic acids is 2. The third-order valence-corrected chi connectivity index (χ3v) is 10.1. The lowest BCUT2D eigenvalue weighted by atomic mass is 9.90. The summed E-state index contributed by atoms with van der Waals surface area (Å²) in [5, 5.41) is 13.1. The highest BCUT2D eigenvalue weighted by Crippen LogP contribution is 2.36. The normalized spacial score (nSPS) is 16.2. The third kappa shape index (κ3) is 8.71. The van der Waals surface area contributed by atoms with E-state index < -0.39 is 24.0 Å². The van der Waals surface area contributed by atoms with E-state index >= 15 is 0 Å². The molecule has 1 aliphatic heterocycles. The van der Waals surface area contributed by atoms with Crippen LogP contribution in [0.3, 0.4) is 0 Å². The van der Waals surface area contributed by atoms with Crippen molar-refractivity contribution in [2.45, 2.75) is 63.5 Å². The molecule has 6 rings (SSSR count). The lowest BCUT2D eigenvalue weighted by molar-refractivity contribution is -0.145. The summed E-state index contributed by atoms with van der Waals surface area (Å²) in [6, 6.07) is 26.9. The van der Waals surface area contributed by atoms with Crippen molar-refractivity contribution in [2.75, 3.05) is 27.4 Å². The molecule has 1 saturated carbocycles. The Morgan fingerprint density at radius 1 is 0.843 bits per heavy atom. The zero-order valence-electron chi connectivity index (χ0n) is 29.3. The van der Waals surface area contributed by atoms with Crippen LogP contribution in [0.2, 0.25) is 0 Å². The fourth-order valence-electron chi connectivity index (χ4n) is 7.29. The number of benzene rings is 4. The number of nitrogens with zero attached hydrogens (tertiary/aromatic N) is 1. The first kappa shape index (κ1) is 35.5. The number of carbonyl (C=O) groups is 3. The van der Waals surface area contributed by atoms with Crippen molar-refractivity contribution < 1.29 is 33.7 Å². The van der Waals surface area contributed by atoms with E-state index in [0.717, 1.165) is 53.5 Å². The number of amides is 2. The maximum absolute atomic E-state index is 14.2. The quantitative estimate of drug-likeness (QED) is 0.149. The predicted octanol–water partition coefficient (Wildman–Crippen LogP) is 6.81. The molecule has 1 unspecified atom stereocenters. The summed E-state index contributed by atoms with van der Waals surface area (Å²) in [5.41, 5.74) is 5.49. The molecule has 1 aliphatic carbocycles. The van der Waals surface area contributed by atoms with Gasteiger partial charge in [-0.1, -0.05) is 79.6 Å². The van der Waals surface area contributed by atoms with Crippen LogP contribution in [0.5, 0.6) is 17.2 Å². The van der Waals surface area contributed by atoms with Gasteiger partial charge in [0.1, 0.15) is 17.8 Å². The smallest absolute Gasteiger partial charge is 0.326 e. The largest absolute Gasteiger partial charge is 0.493 e. The molecule has 2 amide bonds. The van der Waals surface area contributed by atoms with E-state index in [4.69, 9.17) is 14.2 Å². The Morgan fingerprint density at radius 3 is 2.25 bits per heavy atom. The Hall–Kier alpha value is -5.31. The maximum Gasteiger partial charge on any atom is 0.326 e. The summed E-state index contributed by atoms with van der Waals surface area (Å²) < 4.78 is 17.0. The molecule has 0 spiro atoms. The van der Waals surface area contributed by atoms with Crippen LogP contribution in [0.4, 0.5) is 0 Å². The second kappa shape index (κ2) is 16.6. The summed E-state index contributed by atoms with van der Waals surface area (Å²) in [5.74, 6) is 0.456. The van der Waals surface area contributed by atoms with Gasteiger partial charge in [-0.3, -0.25) is 9.59 Å². The fourth-order valence-corrected chi connectivity index (χ4v) is 7.29. The number of carboxylic acid groups (broad SMARTS) is 1. The van der Waals surface area contributed by atoms with E-state index in [-0.39, 0.29) is 12.3 Å². The van der Waals surface area contributed by atoms with E-state index in [9.17, 15) is 19.5 Å². The van der Waals surface area contributed by atoms with Crippen molar-refractivity contribution in [1.82, 2.24) is 10.2 Å². The van der Waals surface area contributed by atoms with Crippen molar-refractivity contribution in [3.8, 4) is 28.4 Å². The minimum absolute atomic E-state index is 0.0733. The molecule has 9 nitrogen and oxygen atoms in total. The van der Waals surface area contributed by atoms with E-state index in [2.05, 4.69) is 5.32 Å². The zero-order valence-corrected chi connectivity index (χ0v) is 29.3. The van der Waals surface area contributed by atoms with Gasteiger partial charge in [0.2, 0.25) is 11.8 Å². The Morgan fingerprint density at radius 2 is 1.55 bits per heavy atom. The predicted molar refractivity (Wildman–Crippen MR) is 195 cm³/mol. The van der Waals surface area contributed by atoms with Crippen LogP contribution in [0.1, 0.15) is 60.4 Å². The summed E-state index contributed by atoms with van der Waals surface area (Å²) in [7, 11) is 3.20. The molecule has 2 aliphatic rings. The number of methoxy groups -OCH3 is 2. The van der Waals surface area contributed by atoms with Crippen molar-refractivity contribution in [2.24, 2.45) is 5.92 Å². The fraction of sp³-hybridized carbons (Fsp3) is 0.357. The van der Waals surface area contributed by atoms with Crippen molar-refractivity contribution in [3.05, 3.63) is 113 Å². The van der Waals surface area contributed by atoms with Gasteiger partial charge < -0.3 is 29.5 Å². The molecule has 0 aromatic heterocycles. The van der Waals surface area contributed by atoms with Crippen LogP contribution in [0.15, 0.2) is 91.0 Å². The van der Waals surface area contributed by atoms with Crippen LogP contribution in [-0.2, 0) is 33.6 Å². The van der Waals surface area contributed by atoms with Gasteiger partial charge in [0.05, 0.1) is 20.8 Å². The van der Waals surface area contributed by atoms with Gasteiger partial charge in [0, 0.05) is 25.8 Å². The van der Waals surface area contributed by atoms with E-state index in [1.54, 1.807) is 19.1 Å². The topological polar surface area (TPSA) is 114 Å². The highest BCUT2D eigenvalue weighted by atomic mass is 16.5. The van der Waals surface area contributed by atoms with Crippen molar-refractivity contribution in [1.29, 1.82) is 0 Å². The minimum atomic E-state index is -1.18. The summed E-state index contributed by atoms with van der Waals surface area (Å²) in [6.07, 6.45) is 5.94. The Bertz CT molecular complexity index is 1820. The molecule has 1 heterocycles. The van der Waals surface area contributed by atoms with Gasteiger partial charge >= 0.3 is 5.97 Å². The van der Waals surface area contributed by atoms with Gasteiger partial charge in [0.15, 0.2) is 11.5 Å². The first-order valence-electron chi connectivity index (χ1n) is 17.8. The van der Waals surface area contributed by atoms with Crippen LogP contribution in [0, 0.1) is 5.92 Å². The van der Waals surface area contributed by atoms with E-state index in [1.165, 1.54) is 0 Å². The van der Waals surface area contributed by atoms with Crippen molar-refractivity contribution >= 4 is 17.8 Å². The SMILES string of the molecule is COc1ccc(CCOc2ccc3c(c2)C(C(=O)N[C@@H](Cc2ccc(-c4ccccc4)cc2)C(=O)O)N(C(=O)CC2CCCC2)CC3)cc1OC. The molecule has 4 aromatic rings. The number of hydrogen-bond acceptors (Lipinski definition) is 6. The van der Waals surface area contributed by atoms with Crippen LogP contribution >= 0.6 is 0 Å². The molecular weight excluding hydrogens is 644 g/mol. The molecule has 0 radical (unpaired) electrons. The molecule has 266 valence electrons. The molecular formula is C42H46N2O7. The van der Waals surface area contributed by atoms with Gasteiger partial charge in [-0.05, 0) is 82.8 Å². The molecule has 2 N–H and O–H groups in total. The Balaban J connectivity index is 1.21. The average Bonchev–Trinajstić information content (AvgIpc) is 3.67. The highest BCUT2D eigenvalue weighted by molar-refractivity contribution is 5.92. The van der Waals surface area contributed by atoms with Crippen LogP contribution < -0.4 is 19.5 Å². The third-order valence-electron chi connectivity index (χ3n) is 10.1. The minimum Gasteiger partial charge on any atom is -0.493 e. The highest BCUT2D eigenvalue weighted by Gasteiger charge is 2.38. The lowest BCUT2D eigenvalue weighted by Gasteiger charge is -2.37. The molecule has 2 atom stereocenters. The standard InChI is InChI=1S/C42H46N2O7/c1-49-37-19-14-30(25-38(37)50-2)21-23-51-34-18-17-33-20-22-44(39(45)26-28-8-6-7-9-28)40(35(33)27-34)41(46)43-36(42(47)48)24-29-12-15-32(16-13-29)31-10-4-3-5-11-31/h3-5,10-19,25,27-28,36,40H,6-9,20-24,26H2,1-2H3,(H,43,46)(H,47,48)/t36-,40?/m0/s1. The van der Waals surface area contributed by atoms with Gasteiger partial charge in [-0.25, -0.2) is 4.79 Å². The van der Waals surface area contributed by atoms with Gasteiger partial charge in [-0.15, -0.1) is 0 Å². The average molecular weight is 691 g/mol. The summed E-state index contributed by atoms with van der Waals surface area (Å²) in [4.78, 5) is 42.3. The van der Waals surface area contributed by atoms with Crippen molar-refractivity contribution in [3.63, 3.8) is 0 Å². The summed E-state index contributed by atoms with van der Waals surface area (Å²) >= 11 is 0. The first-order valence-corrected chi connectivity index (χ1v) is 17.8. The molecule has 0 bridgehead atoms. The van der Waals surface area contributed by atoms with Gasteiger partial charge in [0.25, 0.3) is 0 Å². The number of rotatable bonds is 14. The lowest BCUT2D eigenvalue weighted by Crippen LogP contribution is -2.51. The monoisotopic (exact) mass is 690 g/mol. The second-order valence-electron chi connectivity index (χ2n) is 13.4. The molecule has 1 fully saturated rings. The molecule has 4 aromatic carbocycles. The number of hydrogen-bond donors (Lipinski definition) is 2. The number of aliphatic carboxylic acids is 1. The molecule has 51 heavy (non-hydrogen) atoms. The summed E-state index contributed by atoms with van der Waals surface area (Å²) in [6.45, 7) is 0.758. The molecule has 0 saturated heterocycles. The maximum atomic E-state index is 14.2.